The first-order chi connectivity index (χ1) is 11.6. The number of aromatic amines is 1. The molecular weight excluding hydrogens is 300 g/mol. The molecule has 120 valence electrons. The molecular formula is C20H18N2O2. The van der Waals surface area contributed by atoms with Gasteiger partial charge in [0.15, 0.2) is 0 Å². The van der Waals surface area contributed by atoms with Gasteiger partial charge in [-0.2, -0.15) is 0 Å². The summed E-state index contributed by atoms with van der Waals surface area (Å²) in [4.78, 5) is 28.3. The number of carbonyl (C=O) groups is 1. The topological polar surface area (TPSA) is 62.0 Å². The quantitative estimate of drug-likeness (QED) is 0.762. The van der Waals surface area contributed by atoms with Gasteiger partial charge in [0.2, 0.25) is 5.43 Å². The fourth-order valence-electron chi connectivity index (χ4n) is 3.57. The van der Waals surface area contributed by atoms with E-state index in [1.807, 2.05) is 24.3 Å². The van der Waals surface area contributed by atoms with Gasteiger partial charge >= 0.3 is 0 Å². The van der Waals surface area contributed by atoms with Crippen molar-refractivity contribution in [2.24, 2.45) is 5.92 Å². The van der Waals surface area contributed by atoms with Gasteiger partial charge in [-0.3, -0.25) is 9.59 Å². The number of pyridine rings is 1. The zero-order chi connectivity index (χ0) is 16.7. The zero-order valence-electron chi connectivity index (χ0n) is 13.4. The fourth-order valence-corrected chi connectivity index (χ4v) is 3.57. The van der Waals surface area contributed by atoms with Crippen LogP contribution in [0, 0.1) is 5.92 Å². The van der Waals surface area contributed by atoms with Crippen LogP contribution in [0.3, 0.4) is 0 Å². The van der Waals surface area contributed by atoms with Crippen LogP contribution < -0.4 is 10.7 Å². The maximum atomic E-state index is 12.7. The molecule has 0 saturated heterocycles. The highest BCUT2D eigenvalue weighted by molar-refractivity contribution is 5.97. The maximum absolute atomic E-state index is 12.7. The SMILES string of the molecule is C[C@@H]1Cc2ccccc2[C@@H]1NC(=O)c1c[nH]c2ccccc2c1=O. The number of nitrogens with one attached hydrogen (secondary N) is 2. The van der Waals surface area contributed by atoms with Gasteiger partial charge in [0.1, 0.15) is 5.56 Å². The number of H-pyrrole nitrogens is 1. The fraction of sp³-hybridized carbons (Fsp3) is 0.200. The van der Waals surface area contributed by atoms with Gasteiger partial charge in [-0.05, 0) is 35.6 Å². The van der Waals surface area contributed by atoms with E-state index < -0.39 is 0 Å². The van der Waals surface area contributed by atoms with E-state index in [0.29, 0.717) is 11.3 Å². The number of carbonyl (C=O) groups excluding carboxylic acids is 1. The van der Waals surface area contributed by atoms with E-state index in [-0.39, 0.29) is 22.9 Å². The van der Waals surface area contributed by atoms with Crippen molar-refractivity contribution < 1.29 is 4.79 Å². The Morgan fingerprint density at radius 3 is 2.75 bits per heavy atom. The first-order valence-corrected chi connectivity index (χ1v) is 8.14. The lowest BCUT2D eigenvalue weighted by Crippen LogP contribution is -2.33. The normalized spacial score (nSPS) is 19.2. The smallest absolute Gasteiger partial charge is 0.257 e. The Kier molecular flexibility index (Phi) is 3.45. The van der Waals surface area contributed by atoms with E-state index in [2.05, 4.69) is 29.4 Å². The minimum absolute atomic E-state index is 0.0560. The second kappa shape index (κ2) is 5.64. The Bertz CT molecular complexity index is 990. The van der Waals surface area contributed by atoms with Gasteiger partial charge < -0.3 is 10.3 Å². The molecule has 0 bridgehead atoms. The molecule has 4 rings (SSSR count). The average Bonchev–Trinajstić information content (AvgIpc) is 2.91. The Hall–Kier alpha value is -2.88. The maximum Gasteiger partial charge on any atom is 0.257 e. The summed E-state index contributed by atoms with van der Waals surface area (Å²) in [6, 6.07) is 15.3. The van der Waals surface area contributed by atoms with Crippen molar-refractivity contribution in [1.82, 2.24) is 10.3 Å². The lowest BCUT2D eigenvalue weighted by Gasteiger charge is -2.18. The number of para-hydroxylation sites is 1. The summed E-state index contributed by atoms with van der Waals surface area (Å²) in [6.07, 6.45) is 2.45. The zero-order valence-corrected chi connectivity index (χ0v) is 13.4. The van der Waals surface area contributed by atoms with Crippen LogP contribution in [0.5, 0.6) is 0 Å². The molecule has 2 atom stereocenters. The first kappa shape index (κ1) is 14.7. The van der Waals surface area contributed by atoms with E-state index >= 15 is 0 Å². The molecule has 0 saturated carbocycles. The minimum atomic E-state index is -0.324. The molecule has 1 heterocycles. The average molecular weight is 318 g/mol. The van der Waals surface area contributed by atoms with Crippen molar-refractivity contribution in [3.63, 3.8) is 0 Å². The monoisotopic (exact) mass is 318 g/mol. The van der Waals surface area contributed by atoms with Crippen LogP contribution in [-0.4, -0.2) is 10.9 Å². The molecule has 1 aromatic heterocycles. The highest BCUT2D eigenvalue weighted by Gasteiger charge is 2.30. The van der Waals surface area contributed by atoms with Crippen LogP contribution >= 0.6 is 0 Å². The van der Waals surface area contributed by atoms with Crippen LogP contribution in [0.15, 0.2) is 59.5 Å². The molecule has 1 amide bonds. The number of hydrogen-bond donors (Lipinski definition) is 2. The molecule has 24 heavy (non-hydrogen) atoms. The van der Waals surface area contributed by atoms with Crippen molar-refractivity contribution in [3.8, 4) is 0 Å². The predicted octanol–water partition coefficient (Wildman–Crippen LogP) is 3.19. The van der Waals surface area contributed by atoms with Crippen LogP contribution in [-0.2, 0) is 6.42 Å². The molecule has 4 nitrogen and oxygen atoms in total. The second-order valence-electron chi connectivity index (χ2n) is 6.41. The second-order valence-corrected chi connectivity index (χ2v) is 6.41. The Morgan fingerprint density at radius 2 is 1.88 bits per heavy atom. The van der Waals surface area contributed by atoms with Crippen molar-refractivity contribution in [1.29, 1.82) is 0 Å². The summed E-state index contributed by atoms with van der Waals surface area (Å²) >= 11 is 0. The summed E-state index contributed by atoms with van der Waals surface area (Å²) < 4.78 is 0. The highest BCUT2D eigenvalue weighted by Crippen LogP contribution is 2.35. The van der Waals surface area contributed by atoms with Crippen LogP contribution in [0.4, 0.5) is 0 Å². The van der Waals surface area contributed by atoms with Crippen molar-refractivity contribution in [3.05, 3.63) is 81.6 Å². The van der Waals surface area contributed by atoms with Crippen molar-refractivity contribution in [2.75, 3.05) is 0 Å². The van der Waals surface area contributed by atoms with Crippen LogP contribution in [0.2, 0.25) is 0 Å². The van der Waals surface area contributed by atoms with Crippen LogP contribution in [0.1, 0.15) is 34.5 Å². The number of fused-ring (bicyclic) bond motifs is 2. The molecule has 0 aliphatic heterocycles. The third-order valence-electron chi connectivity index (χ3n) is 4.82. The molecule has 0 spiro atoms. The van der Waals surface area contributed by atoms with Crippen molar-refractivity contribution >= 4 is 16.8 Å². The number of rotatable bonds is 2. The summed E-state index contributed by atoms with van der Waals surface area (Å²) in [5, 5.41) is 3.58. The molecule has 2 N–H and O–H groups in total. The minimum Gasteiger partial charge on any atom is -0.360 e. The third-order valence-corrected chi connectivity index (χ3v) is 4.82. The summed E-state index contributed by atoms with van der Waals surface area (Å²) in [5.74, 6) is -0.0126. The third kappa shape index (κ3) is 2.31. The van der Waals surface area contributed by atoms with E-state index in [1.54, 1.807) is 12.1 Å². The van der Waals surface area contributed by atoms with Gasteiger partial charge in [0.25, 0.3) is 5.91 Å². The molecule has 2 aromatic carbocycles. The summed E-state index contributed by atoms with van der Waals surface area (Å²) in [7, 11) is 0. The molecule has 0 unspecified atom stereocenters. The van der Waals surface area contributed by atoms with Gasteiger partial charge in [-0.25, -0.2) is 0 Å². The first-order valence-electron chi connectivity index (χ1n) is 8.14. The predicted molar refractivity (Wildman–Crippen MR) is 94.1 cm³/mol. The molecule has 3 aromatic rings. The summed E-state index contributed by atoms with van der Waals surface area (Å²) in [6.45, 7) is 2.12. The number of aromatic nitrogens is 1. The highest BCUT2D eigenvalue weighted by atomic mass is 16.2. The van der Waals surface area contributed by atoms with Crippen LogP contribution in [0.25, 0.3) is 10.9 Å². The van der Waals surface area contributed by atoms with E-state index in [4.69, 9.17) is 0 Å². The Labute approximate surface area is 139 Å². The number of amides is 1. The lowest BCUT2D eigenvalue weighted by molar-refractivity contribution is 0.0926. The molecule has 1 aliphatic carbocycles. The van der Waals surface area contributed by atoms with Gasteiger partial charge in [0, 0.05) is 17.1 Å². The van der Waals surface area contributed by atoms with Gasteiger partial charge in [0.05, 0.1) is 6.04 Å². The van der Waals surface area contributed by atoms with E-state index in [0.717, 1.165) is 17.5 Å². The molecule has 1 aliphatic rings. The largest absolute Gasteiger partial charge is 0.360 e. The Morgan fingerprint density at radius 1 is 1.12 bits per heavy atom. The van der Waals surface area contributed by atoms with Gasteiger partial charge in [-0.15, -0.1) is 0 Å². The lowest BCUT2D eigenvalue weighted by atomic mass is 10.0. The molecule has 4 heteroatoms. The Balaban J connectivity index is 1.68. The molecule has 0 radical (unpaired) electrons. The van der Waals surface area contributed by atoms with Crippen molar-refractivity contribution in [2.45, 2.75) is 19.4 Å². The number of benzene rings is 2. The summed E-state index contributed by atoms with van der Waals surface area (Å²) in [5.41, 5.74) is 3.07. The van der Waals surface area contributed by atoms with Gasteiger partial charge in [-0.1, -0.05) is 43.3 Å². The van der Waals surface area contributed by atoms with E-state index in [9.17, 15) is 9.59 Å². The standard InChI is InChI=1S/C20H18N2O2/c1-12-10-13-6-2-3-7-14(13)18(12)22-20(24)16-11-21-17-9-5-4-8-15(17)19(16)23/h2-9,11-12,18H,10H2,1H3,(H,21,23)(H,22,24)/t12-,18-/m1/s1. The molecule has 0 fully saturated rings. The number of hydrogen-bond acceptors (Lipinski definition) is 2. The van der Waals surface area contributed by atoms with E-state index in [1.165, 1.54) is 11.8 Å².